The number of aldehydes is 1. The molecule has 188 valence electrons. The van der Waals surface area contributed by atoms with E-state index in [2.05, 4.69) is 25.8 Å². The molecule has 10 heteroatoms. The van der Waals surface area contributed by atoms with Crippen LogP contribution in [0.25, 0.3) is 0 Å². The highest BCUT2D eigenvalue weighted by atomic mass is 16.5. The number of nitrogens with one attached hydrogen (secondary N) is 3. The van der Waals surface area contributed by atoms with E-state index in [-0.39, 0.29) is 5.92 Å². The Morgan fingerprint density at radius 3 is 2.18 bits per heavy atom. The van der Waals surface area contributed by atoms with Crippen molar-refractivity contribution < 1.29 is 23.9 Å². The largest absolute Gasteiger partial charge is 0.378 e. The molecule has 3 atom stereocenters. The third-order valence-electron chi connectivity index (χ3n) is 5.67. The molecule has 0 bridgehead atoms. The number of pyridine rings is 1. The molecule has 0 aliphatic carbocycles. The quantitative estimate of drug-likeness (QED) is 0.453. The molecule has 34 heavy (non-hydrogen) atoms. The fourth-order valence-corrected chi connectivity index (χ4v) is 3.40. The lowest BCUT2D eigenvalue weighted by molar-refractivity contribution is -0.131. The molecule has 0 aromatic carbocycles. The van der Waals surface area contributed by atoms with Crippen molar-refractivity contribution in [2.24, 2.45) is 11.3 Å². The molecule has 10 nitrogen and oxygen atoms in total. The van der Waals surface area contributed by atoms with Crippen molar-refractivity contribution in [2.75, 3.05) is 31.2 Å². The summed E-state index contributed by atoms with van der Waals surface area (Å²) in [5, 5.41) is 8.04. The van der Waals surface area contributed by atoms with Gasteiger partial charge in [0.25, 0.3) is 5.91 Å². The van der Waals surface area contributed by atoms with Crippen LogP contribution in [-0.2, 0) is 19.1 Å². The summed E-state index contributed by atoms with van der Waals surface area (Å²) in [7, 11) is 0. The highest BCUT2D eigenvalue weighted by molar-refractivity contribution is 5.98. The molecule has 2 heterocycles. The maximum absolute atomic E-state index is 13.0. The summed E-state index contributed by atoms with van der Waals surface area (Å²) in [5.74, 6) is -0.710. The maximum atomic E-state index is 13.0. The third-order valence-corrected chi connectivity index (χ3v) is 5.67. The van der Waals surface area contributed by atoms with Crippen LogP contribution < -0.4 is 20.9 Å². The topological polar surface area (TPSA) is 130 Å². The molecule has 1 fully saturated rings. The molecule has 1 aliphatic rings. The Bertz CT molecular complexity index is 859. The molecule has 1 aromatic heterocycles. The van der Waals surface area contributed by atoms with Crippen molar-refractivity contribution in [3.05, 3.63) is 23.9 Å². The zero-order chi connectivity index (χ0) is 25.5. The van der Waals surface area contributed by atoms with Crippen molar-refractivity contribution in [2.45, 2.75) is 59.7 Å². The van der Waals surface area contributed by atoms with Crippen molar-refractivity contribution >= 4 is 29.8 Å². The van der Waals surface area contributed by atoms with E-state index in [4.69, 9.17) is 4.74 Å². The van der Waals surface area contributed by atoms with Gasteiger partial charge in [0.15, 0.2) is 0 Å². The molecule has 0 unspecified atom stereocenters. The molecule has 1 aliphatic heterocycles. The number of ether oxygens (including phenoxy) is 1. The predicted octanol–water partition coefficient (Wildman–Crippen LogP) is 0.907. The average molecular weight is 476 g/mol. The lowest BCUT2D eigenvalue weighted by Gasteiger charge is -2.31. The number of carbonyl (C=O) groups excluding carboxylic acids is 4. The SMILES string of the molecule is CC(C)[C@@H](C=O)NC(=O)[C@H](C)NC(=O)[C@@H](NC(=O)c1ccc(N2CCOCC2)nc1)C(C)(C)C. The Balaban J connectivity index is 2.04. The highest BCUT2D eigenvalue weighted by Crippen LogP contribution is 2.21. The van der Waals surface area contributed by atoms with Crippen LogP contribution in [0.5, 0.6) is 0 Å². The van der Waals surface area contributed by atoms with E-state index in [1.807, 2.05) is 34.6 Å². The van der Waals surface area contributed by atoms with Gasteiger partial charge in [0.05, 0.1) is 24.8 Å². The van der Waals surface area contributed by atoms with E-state index in [9.17, 15) is 19.2 Å². The van der Waals surface area contributed by atoms with E-state index < -0.39 is 41.3 Å². The van der Waals surface area contributed by atoms with Gasteiger partial charge in [-0.2, -0.15) is 0 Å². The lowest BCUT2D eigenvalue weighted by Crippen LogP contribution is -2.58. The Labute approximate surface area is 201 Å². The summed E-state index contributed by atoms with van der Waals surface area (Å²) >= 11 is 0. The van der Waals surface area contributed by atoms with Gasteiger partial charge in [-0.25, -0.2) is 4.98 Å². The number of aromatic nitrogens is 1. The normalized spacial score (nSPS) is 16.9. The van der Waals surface area contributed by atoms with Crippen LogP contribution in [0, 0.1) is 11.3 Å². The summed E-state index contributed by atoms with van der Waals surface area (Å²) < 4.78 is 5.35. The fourth-order valence-electron chi connectivity index (χ4n) is 3.40. The Morgan fingerprint density at radius 1 is 1.03 bits per heavy atom. The van der Waals surface area contributed by atoms with Gasteiger partial charge < -0.3 is 30.4 Å². The smallest absolute Gasteiger partial charge is 0.253 e. The zero-order valence-corrected chi connectivity index (χ0v) is 20.9. The van der Waals surface area contributed by atoms with Crippen LogP contribution in [0.2, 0.25) is 0 Å². The summed E-state index contributed by atoms with van der Waals surface area (Å²) in [4.78, 5) is 56.0. The molecular formula is C24H37N5O5. The lowest BCUT2D eigenvalue weighted by atomic mass is 9.85. The van der Waals surface area contributed by atoms with Gasteiger partial charge >= 0.3 is 0 Å². The van der Waals surface area contributed by atoms with Crippen LogP contribution in [0.15, 0.2) is 18.3 Å². The molecule has 1 saturated heterocycles. The predicted molar refractivity (Wildman–Crippen MR) is 128 cm³/mol. The Kier molecular flexibility index (Phi) is 9.55. The van der Waals surface area contributed by atoms with Gasteiger partial charge in [0.1, 0.15) is 24.2 Å². The first-order valence-corrected chi connectivity index (χ1v) is 11.6. The van der Waals surface area contributed by atoms with Gasteiger partial charge in [0.2, 0.25) is 11.8 Å². The number of anilines is 1. The summed E-state index contributed by atoms with van der Waals surface area (Å²) in [6, 6.07) is 1.02. The average Bonchev–Trinajstić information content (AvgIpc) is 2.80. The number of amides is 3. The Hall–Kier alpha value is -3.01. The summed E-state index contributed by atoms with van der Waals surface area (Å²) in [6.45, 7) is 13.4. The molecule has 0 radical (unpaired) electrons. The van der Waals surface area contributed by atoms with Gasteiger partial charge in [-0.05, 0) is 30.4 Å². The van der Waals surface area contributed by atoms with Gasteiger partial charge in [0, 0.05) is 19.3 Å². The minimum atomic E-state index is -0.902. The molecule has 2 rings (SSSR count). The molecule has 0 spiro atoms. The first-order valence-electron chi connectivity index (χ1n) is 11.6. The van der Waals surface area contributed by atoms with Crippen LogP contribution in [0.1, 0.15) is 51.9 Å². The first-order chi connectivity index (χ1) is 15.9. The van der Waals surface area contributed by atoms with Gasteiger partial charge in [-0.3, -0.25) is 14.4 Å². The summed E-state index contributed by atoms with van der Waals surface area (Å²) in [6.07, 6.45) is 2.16. The van der Waals surface area contributed by atoms with Crippen molar-refractivity contribution in [3.63, 3.8) is 0 Å². The van der Waals surface area contributed by atoms with E-state index in [0.717, 1.165) is 18.9 Å². The van der Waals surface area contributed by atoms with E-state index in [0.29, 0.717) is 25.1 Å². The minimum absolute atomic E-state index is 0.0748. The molecule has 3 N–H and O–H groups in total. The fraction of sp³-hybridized carbons (Fsp3) is 0.625. The van der Waals surface area contributed by atoms with Crippen LogP contribution in [0.4, 0.5) is 5.82 Å². The monoisotopic (exact) mass is 475 g/mol. The van der Waals surface area contributed by atoms with Gasteiger partial charge in [-0.1, -0.05) is 34.6 Å². The molecular weight excluding hydrogens is 438 g/mol. The number of nitrogens with zero attached hydrogens (tertiary/aromatic N) is 2. The minimum Gasteiger partial charge on any atom is -0.378 e. The van der Waals surface area contributed by atoms with Crippen molar-refractivity contribution in [3.8, 4) is 0 Å². The number of rotatable bonds is 9. The van der Waals surface area contributed by atoms with Crippen LogP contribution >= 0.6 is 0 Å². The van der Waals surface area contributed by atoms with Crippen LogP contribution in [-0.4, -0.2) is 73.4 Å². The molecule has 3 amide bonds. The number of carbonyl (C=O) groups is 4. The molecule has 0 saturated carbocycles. The highest BCUT2D eigenvalue weighted by Gasteiger charge is 2.34. The first kappa shape index (κ1) is 27.2. The number of hydrogen-bond acceptors (Lipinski definition) is 7. The summed E-state index contributed by atoms with van der Waals surface area (Å²) in [5.41, 5.74) is -0.295. The van der Waals surface area contributed by atoms with E-state index in [1.54, 1.807) is 12.1 Å². The second kappa shape index (κ2) is 11.9. The van der Waals surface area contributed by atoms with Crippen molar-refractivity contribution in [1.29, 1.82) is 0 Å². The zero-order valence-electron chi connectivity index (χ0n) is 20.9. The van der Waals surface area contributed by atoms with Crippen molar-refractivity contribution in [1.82, 2.24) is 20.9 Å². The molecule has 1 aromatic rings. The van der Waals surface area contributed by atoms with E-state index in [1.165, 1.54) is 13.1 Å². The number of hydrogen-bond donors (Lipinski definition) is 3. The number of morpholine rings is 1. The Morgan fingerprint density at radius 2 is 1.68 bits per heavy atom. The second-order valence-corrected chi connectivity index (χ2v) is 9.92. The van der Waals surface area contributed by atoms with E-state index >= 15 is 0 Å². The third kappa shape index (κ3) is 7.51. The second-order valence-electron chi connectivity index (χ2n) is 9.92. The maximum Gasteiger partial charge on any atom is 0.253 e. The van der Waals surface area contributed by atoms with Gasteiger partial charge in [-0.15, -0.1) is 0 Å². The standard InChI is InChI=1S/C24H37N5O5/c1-15(2)18(14-30)27-21(31)16(3)26-23(33)20(24(4,5)6)28-22(32)17-7-8-19(25-13-17)29-9-11-34-12-10-29/h7-8,13-16,18,20H,9-12H2,1-6H3,(H,26,33)(H,27,31)(H,28,32)/t16-,18+,20+/m0/s1. The van der Waals surface area contributed by atoms with Crippen LogP contribution in [0.3, 0.4) is 0 Å².